The Labute approximate surface area is 159 Å². The lowest BCUT2D eigenvalue weighted by atomic mass is 9.99. The Balaban J connectivity index is 1.78. The highest BCUT2D eigenvalue weighted by Crippen LogP contribution is 2.35. The molecule has 1 atom stereocenters. The number of rotatable bonds is 3. The SMILES string of the molecule is O=C1CCCC[C@@H]1Sc1nc(-c2ccc(Br)cc2)nc2ccccc12. The number of fused-ring (bicyclic) bond motifs is 1. The highest BCUT2D eigenvalue weighted by atomic mass is 79.9. The van der Waals surface area contributed by atoms with E-state index in [1.165, 1.54) is 0 Å². The minimum Gasteiger partial charge on any atom is -0.298 e. The number of nitrogens with zero attached hydrogens (tertiary/aromatic N) is 2. The number of thioether (sulfide) groups is 1. The van der Waals surface area contributed by atoms with Gasteiger partial charge in [-0.25, -0.2) is 9.97 Å². The summed E-state index contributed by atoms with van der Waals surface area (Å²) in [7, 11) is 0. The Kier molecular flexibility index (Phi) is 4.86. The van der Waals surface area contributed by atoms with Gasteiger partial charge >= 0.3 is 0 Å². The average molecular weight is 413 g/mol. The molecule has 1 aliphatic rings. The predicted octanol–water partition coefficient (Wildman–Crippen LogP) is 5.66. The minimum absolute atomic E-state index is 0.0184. The van der Waals surface area contributed by atoms with Crippen molar-refractivity contribution in [1.82, 2.24) is 9.97 Å². The maximum atomic E-state index is 12.3. The van der Waals surface area contributed by atoms with Crippen molar-refractivity contribution in [3.05, 3.63) is 53.0 Å². The van der Waals surface area contributed by atoms with Crippen molar-refractivity contribution in [3.63, 3.8) is 0 Å². The fraction of sp³-hybridized carbons (Fsp3) is 0.250. The first-order valence-electron chi connectivity index (χ1n) is 8.43. The third-order valence-corrected chi connectivity index (χ3v) is 6.27. The van der Waals surface area contributed by atoms with Gasteiger partial charge in [0.15, 0.2) is 5.82 Å². The molecule has 1 fully saturated rings. The van der Waals surface area contributed by atoms with Crippen molar-refractivity contribution >= 4 is 44.4 Å². The van der Waals surface area contributed by atoms with Crippen molar-refractivity contribution in [2.45, 2.75) is 36.0 Å². The summed E-state index contributed by atoms with van der Waals surface area (Å²) in [5.41, 5.74) is 1.90. The van der Waals surface area contributed by atoms with E-state index in [9.17, 15) is 4.79 Å². The molecule has 2 aromatic carbocycles. The van der Waals surface area contributed by atoms with Gasteiger partial charge < -0.3 is 0 Å². The Morgan fingerprint density at radius 2 is 1.80 bits per heavy atom. The number of ketones is 1. The first-order valence-corrected chi connectivity index (χ1v) is 10.1. The van der Waals surface area contributed by atoms with E-state index in [2.05, 4.69) is 15.9 Å². The lowest BCUT2D eigenvalue weighted by Crippen LogP contribution is -2.21. The number of carbonyl (C=O) groups is 1. The van der Waals surface area contributed by atoms with Gasteiger partial charge in [-0.2, -0.15) is 0 Å². The van der Waals surface area contributed by atoms with Crippen LogP contribution in [0.3, 0.4) is 0 Å². The zero-order chi connectivity index (χ0) is 17.2. The quantitative estimate of drug-likeness (QED) is 0.520. The van der Waals surface area contributed by atoms with Crippen LogP contribution in [0.5, 0.6) is 0 Å². The highest BCUT2D eigenvalue weighted by Gasteiger charge is 2.25. The molecule has 25 heavy (non-hydrogen) atoms. The number of benzene rings is 2. The lowest BCUT2D eigenvalue weighted by Gasteiger charge is -2.20. The smallest absolute Gasteiger partial charge is 0.161 e. The van der Waals surface area contributed by atoms with Crippen LogP contribution in [0.2, 0.25) is 0 Å². The maximum absolute atomic E-state index is 12.3. The molecule has 0 unspecified atom stereocenters. The molecule has 1 aliphatic carbocycles. The first kappa shape index (κ1) is 16.7. The second kappa shape index (κ2) is 7.26. The molecule has 3 nitrogen and oxygen atoms in total. The van der Waals surface area contributed by atoms with Crippen LogP contribution in [0.25, 0.3) is 22.3 Å². The van der Waals surface area contributed by atoms with E-state index in [0.29, 0.717) is 18.0 Å². The molecule has 0 amide bonds. The summed E-state index contributed by atoms with van der Waals surface area (Å²) in [5, 5.41) is 1.94. The molecule has 0 aliphatic heterocycles. The average Bonchev–Trinajstić information content (AvgIpc) is 2.64. The number of hydrogen-bond acceptors (Lipinski definition) is 4. The van der Waals surface area contributed by atoms with Crippen molar-refractivity contribution in [2.24, 2.45) is 0 Å². The molecule has 4 rings (SSSR count). The van der Waals surface area contributed by atoms with Gasteiger partial charge in [0.25, 0.3) is 0 Å². The van der Waals surface area contributed by atoms with Crippen LogP contribution in [-0.4, -0.2) is 21.0 Å². The van der Waals surface area contributed by atoms with Gasteiger partial charge in [-0.15, -0.1) is 0 Å². The molecule has 0 N–H and O–H groups in total. The zero-order valence-electron chi connectivity index (χ0n) is 13.6. The first-order chi connectivity index (χ1) is 12.2. The third kappa shape index (κ3) is 3.62. The molecule has 1 heterocycles. The molecule has 0 radical (unpaired) electrons. The van der Waals surface area contributed by atoms with Gasteiger partial charge in [-0.1, -0.05) is 64.4 Å². The fourth-order valence-electron chi connectivity index (χ4n) is 3.08. The van der Waals surface area contributed by atoms with Crippen LogP contribution in [0, 0.1) is 0 Å². The monoisotopic (exact) mass is 412 g/mol. The van der Waals surface area contributed by atoms with E-state index in [1.807, 2.05) is 48.5 Å². The van der Waals surface area contributed by atoms with Crippen molar-refractivity contribution < 1.29 is 4.79 Å². The standard InChI is InChI=1S/C20H17BrN2OS/c21-14-11-9-13(10-12-14)19-22-16-6-2-1-5-15(16)20(23-19)25-18-8-4-3-7-17(18)24/h1-2,5-6,9-12,18H,3-4,7-8H2/t18-/m0/s1. The van der Waals surface area contributed by atoms with Gasteiger partial charge in [-0.05, 0) is 31.0 Å². The van der Waals surface area contributed by atoms with Crippen LogP contribution in [0.1, 0.15) is 25.7 Å². The Morgan fingerprint density at radius 3 is 2.60 bits per heavy atom. The minimum atomic E-state index is 0.0184. The molecule has 5 heteroatoms. The predicted molar refractivity (Wildman–Crippen MR) is 106 cm³/mol. The third-order valence-electron chi connectivity index (χ3n) is 4.42. The number of carbonyl (C=O) groups excluding carboxylic acids is 1. The Morgan fingerprint density at radius 1 is 1.00 bits per heavy atom. The van der Waals surface area contributed by atoms with Crippen LogP contribution in [-0.2, 0) is 4.79 Å². The molecule has 0 spiro atoms. The topological polar surface area (TPSA) is 42.9 Å². The molecule has 0 saturated heterocycles. The normalized spacial score (nSPS) is 17.8. The molecule has 126 valence electrons. The van der Waals surface area contributed by atoms with E-state index in [-0.39, 0.29) is 5.25 Å². The van der Waals surface area contributed by atoms with Gasteiger partial charge in [0.1, 0.15) is 10.8 Å². The summed E-state index contributed by atoms with van der Waals surface area (Å²) in [6, 6.07) is 16.0. The number of aromatic nitrogens is 2. The Bertz CT molecular complexity index is 927. The van der Waals surface area contributed by atoms with Gasteiger partial charge in [0.05, 0.1) is 10.8 Å². The summed E-state index contributed by atoms with van der Waals surface area (Å²) >= 11 is 5.07. The molecule has 0 bridgehead atoms. The van der Waals surface area contributed by atoms with Gasteiger partial charge in [0.2, 0.25) is 0 Å². The van der Waals surface area contributed by atoms with E-state index in [4.69, 9.17) is 9.97 Å². The lowest BCUT2D eigenvalue weighted by molar-refractivity contribution is -0.119. The molecule has 1 aromatic heterocycles. The van der Waals surface area contributed by atoms with Crippen LogP contribution in [0.4, 0.5) is 0 Å². The Hall–Kier alpha value is -1.72. The second-order valence-corrected chi connectivity index (χ2v) is 8.30. The summed E-state index contributed by atoms with van der Waals surface area (Å²) < 4.78 is 1.03. The molecule has 1 saturated carbocycles. The van der Waals surface area contributed by atoms with Crippen LogP contribution in [0.15, 0.2) is 58.0 Å². The summed E-state index contributed by atoms with van der Waals surface area (Å²) in [4.78, 5) is 21.8. The number of Topliss-reactive ketones (excluding diaryl/α,β-unsaturated/α-hetero) is 1. The molecule has 3 aromatic rings. The summed E-state index contributed by atoms with van der Waals surface area (Å²) in [6.07, 6.45) is 3.77. The summed E-state index contributed by atoms with van der Waals surface area (Å²) in [6.45, 7) is 0. The highest BCUT2D eigenvalue weighted by molar-refractivity contribution is 9.10. The second-order valence-electron chi connectivity index (χ2n) is 6.19. The largest absolute Gasteiger partial charge is 0.298 e. The molecular formula is C20H17BrN2OS. The fourth-order valence-corrected chi connectivity index (χ4v) is 4.58. The summed E-state index contributed by atoms with van der Waals surface area (Å²) in [5.74, 6) is 1.06. The van der Waals surface area contributed by atoms with E-state index in [0.717, 1.165) is 45.2 Å². The van der Waals surface area contributed by atoms with Crippen LogP contribution < -0.4 is 0 Å². The van der Waals surface area contributed by atoms with E-state index in [1.54, 1.807) is 11.8 Å². The zero-order valence-corrected chi connectivity index (χ0v) is 16.0. The van der Waals surface area contributed by atoms with Gasteiger partial charge in [-0.3, -0.25) is 4.79 Å². The van der Waals surface area contributed by atoms with E-state index >= 15 is 0 Å². The van der Waals surface area contributed by atoms with Gasteiger partial charge in [0, 0.05) is 21.8 Å². The number of halogens is 1. The van der Waals surface area contributed by atoms with Crippen molar-refractivity contribution in [2.75, 3.05) is 0 Å². The maximum Gasteiger partial charge on any atom is 0.161 e. The number of hydrogen-bond donors (Lipinski definition) is 0. The number of para-hydroxylation sites is 1. The van der Waals surface area contributed by atoms with Crippen molar-refractivity contribution in [1.29, 1.82) is 0 Å². The molecular weight excluding hydrogens is 396 g/mol. The van der Waals surface area contributed by atoms with Crippen LogP contribution >= 0.6 is 27.7 Å². The van der Waals surface area contributed by atoms with E-state index < -0.39 is 0 Å². The van der Waals surface area contributed by atoms with Crippen molar-refractivity contribution in [3.8, 4) is 11.4 Å².